The van der Waals surface area contributed by atoms with E-state index in [2.05, 4.69) is 10.3 Å². The van der Waals surface area contributed by atoms with Crippen molar-refractivity contribution < 1.29 is 4.79 Å². The lowest BCUT2D eigenvalue weighted by Gasteiger charge is -2.11. The highest BCUT2D eigenvalue weighted by Gasteiger charge is 2.15. The van der Waals surface area contributed by atoms with Gasteiger partial charge in [0.1, 0.15) is 0 Å². The third-order valence-electron chi connectivity index (χ3n) is 4.89. The van der Waals surface area contributed by atoms with Gasteiger partial charge in [-0.1, -0.05) is 40.5 Å². The van der Waals surface area contributed by atoms with E-state index in [4.69, 9.17) is 23.2 Å². The van der Waals surface area contributed by atoms with Gasteiger partial charge in [-0.05, 0) is 71.8 Å². The van der Waals surface area contributed by atoms with Crippen LogP contribution in [-0.2, 0) is 0 Å². The first-order valence-corrected chi connectivity index (χ1v) is 9.69. The Morgan fingerprint density at radius 3 is 2.41 bits per heavy atom. The molecular formula is C23H13Cl2N3O. The summed E-state index contributed by atoms with van der Waals surface area (Å²) in [7, 11) is 0. The van der Waals surface area contributed by atoms with Crippen LogP contribution in [-0.4, -0.2) is 20.6 Å². The third-order valence-corrected chi connectivity index (χ3v) is 5.37. The van der Waals surface area contributed by atoms with Gasteiger partial charge < -0.3 is 0 Å². The Bertz CT molecular complexity index is 1390. The number of benzene rings is 3. The maximum atomic E-state index is 13.0. The van der Waals surface area contributed by atoms with Crippen molar-refractivity contribution in [2.45, 2.75) is 0 Å². The lowest BCUT2D eigenvalue weighted by Crippen LogP contribution is -2.02. The van der Waals surface area contributed by atoms with Crippen molar-refractivity contribution in [3.05, 3.63) is 100 Å². The van der Waals surface area contributed by atoms with Gasteiger partial charge in [-0.3, -0.25) is 4.79 Å². The zero-order valence-electron chi connectivity index (χ0n) is 15.0. The van der Waals surface area contributed by atoms with E-state index in [-0.39, 0.29) is 5.78 Å². The van der Waals surface area contributed by atoms with Gasteiger partial charge >= 0.3 is 0 Å². The average molecular weight is 418 g/mol. The Kier molecular flexibility index (Phi) is 4.31. The summed E-state index contributed by atoms with van der Waals surface area (Å²) in [5.74, 6) is -0.0701. The van der Waals surface area contributed by atoms with Crippen LogP contribution in [0.3, 0.4) is 0 Å². The van der Waals surface area contributed by atoms with Crippen LogP contribution in [0.1, 0.15) is 15.9 Å². The SMILES string of the molecule is O=C(c1ccc(Cl)cc1)c1ccc2c(c1)c(-c1cccc(Cl)c1)cc1cnnn12. The monoisotopic (exact) mass is 417 g/mol. The molecule has 0 aliphatic carbocycles. The minimum atomic E-state index is -0.0701. The van der Waals surface area contributed by atoms with Crippen molar-refractivity contribution in [1.82, 2.24) is 14.8 Å². The topological polar surface area (TPSA) is 47.3 Å². The molecule has 0 saturated carbocycles. The van der Waals surface area contributed by atoms with Crippen molar-refractivity contribution in [2.24, 2.45) is 0 Å². The fraction of sp³-hybridized carbons (Fsp3) is 0. The van der Waals surface area contributed by atoms with Crippen LogP contribution in [0, 0.1) is 0 Å². The lowest BCUT2D eigenvalue weighted by molar-refractivity contribution is 0.103. The Labute approximate surface area is 176 Å². The standard InChI is InChI=1S/C23H13Cl2N3O/c24-17-7-4-14(5-8-17)23(29)16-6-9-22-21(11-16)20(12-19-13-26-27-28(19)22)15-2-1-3-18(25)10-15/h1-13H. The van der Waals surface area contributed by atoms with Crippen molar-refractivity contribution in [2.75, 3.05) is 0 Å². The summed E-state index contributed by atoms with van der Waals surface area (Å²) in [5, 5.41) is 10.3. The highest BCUT2D eigenvalue weighted by Crippen LogP contribution is 2.32. The smallest absolute Gasteiger partial charge is 0.193 e. The molecule has 0 aliphatic heterocycles. The van der Waals surface area contributed by atoms with Crippen molar-refractivity contribution in [3.8, 4) is 11.1 Å². The molecule has 5 rings (SSSR count). The predicted molar refractivity (Wildman–Crippen MR) is 116 cm³/mol. The molecule has 2 heterocycles. The molecule has 0 N–H and O–H groups in total. The number of rotatable bonds is 3. The zero-order valence-corrected chi connectivity index (χ0v) is 16.5. The number of nitrogens with zero attached hydrogens (tertiary/aromatic N) is 3. The van der Waals surface area contributed by atoms with Crippen LogP contribution in [0.4, 0.5) is 0 Å². The molecule has 6 heteroatoms. The lowest BCUT2D eigenvalue weighted by atomic mass is 9.96. The first kappa shape index (κ1) is 17.9. The number of ketones is 1. The molecule has 0 fully saturated rings. The Balaban J connectivity index is 1.75. The summed E-state index contributed by atoms with van der Waals surface area (Å²) in [5.41, 5.74) is 4.82. The van der Waals surface area contributed by atoms with Gasteiger partial charge in [0.15, 0.2) is 5.78 Å². The minimum absolute atomic E-state index is 0.0701. The second-order valence-electron chi connectivity index (χ2n) is 6.71. The predicted octanol–water partition coefficient (Wildman–Crippen LogP) is 6.09. The summed E-state index contributed by atoms with van der Waals surface area (Å²) < 4.78 is 1.76. The van der Waals surface area contributed by atoms with Gasteiger partial charge in [0.25, 0.3) is 0 Å². The molecule has 3 aromatic carbocycles. The summed E-state index contributed by atoms with van der Waals surface area (Å²) in [6, 6.07) is 22.1. The fourth-order valence-corrected chi connectivity index (χ4v) is 3.81. The second kappa shape index (κ2) is 6.99. The molecule has 5 aromatic rings. The number of halogens is 2. The summed E-state index contributed by atoms with van der Waals surface area (Å²) in [4.78, 5) is 13.0. The number of carbonyl (C=O) groups is 1. The maximum absolute atomic E-state index is 13.0. The summed E-state index contributed by atoms with van der Waals surface area (Å²) in [6.07, 6.45) is 1.71. The van der Waals surface area contributed by atoms with Crippen LogP contribution in [0.15, 0.2) is 79.0 Å². The van der Waals surface area contributed by atoms with Gasteiger partial charge in [-0.15, -0.1) is 5.10 Å². The molecule has 0 radical (unpaired) electrons. The molecule has 0 saturated heterocycles. The molecule has 29 heavy (non-hydrogen) atoms. The number of hydrogen-bond acceptors (Lipinski definition) is 3. The van der Waals surface area contributed by atoms with E-state index >= 15 is 0 Å². The molecule has 0 amide bonds. The summed E-state index contributed by atoms with van der Waals surface area (Å²) in [6.45, 7) is 0. The minimum Gasteiger partial charge on any atom is -0.289 e. The van der Waals surface area contributed by atoms with Crippen LogP contribution < -0.4 is 0 Å². The Morgan fingerprint density at radius 1 is 0.828 bits per heavy atom. The Morgan fingerprint density at radius 2 is 1.62 bits per heavy atom. The maximum Gasteiger partial charge on any atom is 0.193 e. The van der Waals surface area contributed by atoms with E-state index in [1.807, 2.05) is 48.5 Å². The van der Waals surface area contributed by atoms with Gasteiger partial charge in [0.05, 0.1) is 17.2 Å². The van der Waals surface area contributed by atoms with Crippen molar-refractivity contribution in [3.63, 3.8) is 0 Å². The number of fused-ring (bicyclic) bond motifs is 3. The van der Waals surface area contributed by atoms with E-state index in [0.29, 0.717) is 21.2 Å². The number of hydrogen-bond donors (Lipinski definition) is 0. The van der Waals surface area contributed by atoms with Gasteiger partial charge in [-0.2, -0.15) is 0 Å². The normalized spacial score (nSPS) is 11.2. The molecule has 0 unspecified atom stereocenters. The third kappa shape index (κ3) is 3.16. The van der Waals surface area contributed by atoms with Crippen molar-refractivity contribution >= 4 is 45.4 Å². The molecule has 4 nitrogen and oxygen atoms in total. The van der Waals surface area contributed by atoms with Crippen LogP contribution in [0.25, 0.3) is 27.5 Å². The first-order chi connectivity index (χ1) is 14.1. The molecule has 140 valence electrons. The van der Waals surface area contributed by atoms with Crippen LogP contribution >= 0.6 is 23.2 Å². The zero-order chi connectivity index (χ0) is 20.0. The Hall–Kier alpha value is -3.21. The van der Waals surface area contributed by atoms with Gasteiger partial charge in [0.2, 0.25) is 0 Å². The highest BCUT2D eigenvalue weighted by molar-refractivity contribution is 6.31. The van der Waals surface area contributed by atoms with E-state index < -0.39 is 0 Å². The van der Waals surface area contributed by atoms with E-state index in [9.17, 15) is 4.79 Å². The number of aromatic nitrogens is 3. The van der Waals surface area contributed by atoms with Crippen molar-refractivity contribution in [1.29, 1.82) is 0 Å². The summed E-state index contributed by atoms with van der Waals surface area (Å²) >= 11 is 12.2. The fourth-order valence-electron chi connectivity index (χ4n) is 3.49. The van der Waals surface area contributed by atoms with Crippen LogP contribution in [0.5, 0.6) is 0 Å². The van der Waals surface area contributed by atoms with Crippen LogP contribution in [0.2, 0.25) is 10.0 Å². The highest BCUT2D eigenvalue weighted by atomic mass is 35.5. The average Bonchev–Trinajstić information content (AvgIpc) is 3.22. The van der Waals surface area contributed by atoms with E-state index in [1.165, 1.54) is 0 Å². The first-order valence-electron chi connectivity index (χ1n) is 8.93. The van der Waals surface area contributed by atoms with E-state index in [0.717, 1.165) is 27.5 Å². The molecule has 0 spiro atoms. The van der Waals surface area contributed by atoms with Gasteiger partial charge in [-0.25, -0.2) is 4.52 Å². The molecule has 0 atom stereocenters. The van der Waals surface area contributed by atoms with E-state index in [1.54, 1.807) is 35.0 Å². The van der Waals surface area contributed by atoms with Gasteiger partial charge in [0, 0.05) is 26.6 Å². The largest absolute Gasteiger partial charge is 0.289 e. The molecule has 0 aliphatic rings. The molecule has 2 aromatic heterocycles. The molecular weight excluding hydrogens is 405 g/mol. The number of carbonyl (C=O) groups excluding carboxylic acids is 1. The quantitative estimate of drug-likeness (QED) is 0.333. The second-order valence-corrected chi connectivity index (χ2v) is 7.58. The number of pyridine rings is 1. The molecule has 0 bridgehead atoms.